The molecule has 1 aliphatic carbocycles. The normalized spacial score (nSPS) is 19.0. The molecule has 0 bridgehead atoms. The van der Waals surface area contributed by atoms with Gasteiger partial charge in [0.1, 0.15) is 5.75 Å². The molecule has 1 amide bonds. The van der Waals surface area contributed by atoms with E-state index in [4.69, 9.17) is 9.84 Å². The summed E-state index contributed by atoms with van der Waals surface area (Å²) in [5.74, 6) is 0.126. The number of aromatic nitrogens is 3. The third-order valence-electron chi connectivity index (χ3n) is 5.95. The lowest BCUT2D eigenvalue weighted by Gasteiger charge is -2.25. The van der Waals surface area contributed by atoms with Gasteiger partial charge >= 0.3 is 11.6 Å². The van der Waals surface area contributed by atoms with Gasteiger partial charge in [-0.1, -0.05) is 13.8 Å². The molecule has 2 heterocycles. The molecule has 0 saturated heterocycles. The van der Waals surface area contributed by atoms with Gasteiger partial charge in [-0.3, -0.25) is 14.7 Å². The minimum atomic E-state index is -0.434. The number of anilines is 1. The van der Waals surface area contributed by atoms with Crippen molar-refractivity contribution in [2.45, 2.75) is 57.6 Å². The van der Waals surface area contributed by atoms with E-state index >= 15 is 0 Å². The highest BCUT2D eigenvalue weighted by Gasteiger charge is 2.26. The van der Waals surface area contributed by atoms with Crippen molar-refractivity contribution in [2.24, 2.45) is 0 Å². The van der Waals surface area contributed by atoms with E-state index in [1.165, 1.54) is 0 Å². The molecule has 3 N–H and O–H groups in total. The quantitative estimate of drug-likeness (QED) is 0.430. The van der Waals surface area contributed by atoms with Crippen molar-refractivity contribution in [1.29, 1.82) is 0 Å². The van der Waals surface area contributed by atoms with Crippen LogP contribution in [0.4, 0.5) is 5.69 Å². The topological polar surface area (TPSA) is 100 Å². The number of carbonyl (C=O) groups is 1. The third kappa shape index (κ3) is 4.20. The van der Waals surface area contributed by atoms with Crippen LogP contribution in [0.2, 0.25) is 0 Å². The van der Waals surface area contributed by atoms with Gasteiger partial charge in [-0.15, -0.1) is 0 Å². The van der Waals surface area contributed by atoms with Crippen LogP contribution >= 0.6 is 0 Å². The standard InChI is InChI=1S/C23H28N4O4/c1-14(2)20-5-4-6-21(27(20)30)23(29)24-19-11-15-13-26(16-7-9-17(28)10-8-16)25-18(15)12-22(19)31-3/h4-6,11-14,16-17,28H,7-10H2,1-3H3,(H-,24,29,30)/p+1. The van der Waals surface area contributed by atoms with E-state index < -0.39 is 5.91 Å². The second-order valence-corrected chi connectivity index (χ2v) is 8.44. The number of hydrogen-bond donors (Lipinski definition) is 3. The molecular weight excluding hydrogens is 396 g/mol. The first-order valence-electron chi connectivity index (χ1n) is 10.7. The summed E-state index contributed by atoms with van der Waals surface area (Å²) in [4.78, 5) is 12.9. The van der Waals surface area contributed by atoms with Crippen LogP contribution in [0.15, 0.2) is 36.5 Å². The summed E-state index contributed by atoms with van der Waals surface area (Å²) < 4.78 is 8.37. The molecule has 1 saturated carbocycles. The van der Waals surface area contributed by atoms with Gasteiger partial charge in [-0.05, 0) is 37.8 Å². The summed E-state index contributed by atoms with van der Waals surface area (Å²) in [7, 11) is 1.54. The number of pyridine rings is 1. The van der Waals surface area contributed by atoms with Crippen LogP contribution in [0.1, 0.15) is 67.7 Å². The number of nitrogens with one attached hydrogen (secondary N) is 1. The summed E-state index contributed by atoms with van der Waals surface area (Å²) in [5.41, 5.74) is 2.08. The first-order valence-corrected chi connectivity index (χ1v) is 10.7. The zero-order valence-electron chi connectivity index (χ0n) is 18.1. The molecule has 2 aromatic heterocycles. The summed E-state index contributed by atoms with van der Waals surface area (Å²) in [6.45, 7) is 3.90. The van der Waals surface area contributed by atoms with Gasteiger partial charge in [0.2, 0.25) is 5.69 Å². The highest BCUT2D eigenvalue weighted by Crippen LogP contribution is 2.33. The van der Waals surface area contributed by atoms with Gasteiger partial charge in [0.15, 0.2) is 0 Å². The highest BCUT2D eigenvalue weighted by atomic mass is 16.5. The Hall–Kier alpha value is -3.13. The average molecular weight is 426 g/mol. The van der Waals surface area contributed by atoms with Crippen LogP contribution in [0.3, 0.4) is 0 Å². The Morgan fingerprint density at radius 2 is 2.00 bits per heavy atom. The van der Waals surface area contributed by atoms with E-state index in [1.807, 2.05) is 30.8 Å². The number of methoxy groups -OCH3 is 1. The van der Waals surface area contributed by atoms with Crippen molar-refractivity contribution in [3.8, 4) is 5.75 Å². The number of carbonyl (C=O) groups excluding carboxylic acids is 1. The molecule has 0 radical (unpaired) electrons. The van der Waals surface area contributed by atoms with E-state index in [-0.39, 0.29) is 23.8 Å². The number of benzene rings is 1. The third-order valence-corrected chi connectivity index (χ3v) is 5.95. The van der Waals surface area contributed by atoms with Crippen molar-refractivity contribution < 1.29 is 24.6 Å². The first-order chi connectivity index (χ1) is 14.9. The Morgan fingerprint density at radius 3 is 2.68 bits per heavy atom. The van der Waals surface area contributed by atoms with Crippen LogP contribution < -0.4 is 14.8 Å². The molecule has 4 rings (SSSR count). The van der Waals surface area contributed by atoms with E-state index in [9.17, 15) is 15.1 Å². The predicted octanol–water partition coefficient (Wildman–Crippen LogP) is 3.42. The smallest absolute Gasteiger partial charge is 0.325 e. The molecule has 8 heteroatoms. The Balaban J connectivity index is 1.63. The maximum absolute atomic E-state index is 12.9. The summed E-state index contributed by atoms with van der Waals surface area (Å²) >= 11 is 0. The summed E-state index contributed by atoms with van der Waals surface area (Å²) in [6.07, 6.45) is 5.09. The monoisotopic (exact) mass is 425 g/mol. The van der Waals surface area contributed by atoms with Gasteiger partial charge < -0.3 is 15.2 Å². The number of aliphatic hydroxyl groups is 1. The maximum atomic E-state index is 12.9. The molecule has 164 valence electrons. The molecule has 8 nitrogen and oxygen atoms in total. The number of rotatable bonds is 5. The minimum Gasteiger partial charge on any atom is -0.494 e. The Bertz CT molecular complexity index is 1100. The zero-order valence-corrected chi connectivity index (χ0v) is 18.1. The summed E-state index contributed by atoms with van der Waals surface area (Å²) in [6, 6.07) is 9.00. The van der Waals surface area contributed by atoms with Crippen molar-refractivity contribution in [2.75, 3.05) is 12.4 Å². The van der Waals surface area contributed by atoms with Crippen molar-refractivity contribution >= 4 is 22.5 Å². The fourth-order valence-corrected chi connectivity index (χ4v) is 4.16. The maximum Gasteiger partial charge on any atom is 0.325 e. The average Bonchev–Trinajstić information content (AvgIpc) is 3.16. The van der Waals surface area contributed by atoms with Crippen LogP contribution in [0.5, 0.6) is 5.75 Å². The van der Waals surface area contributed by atoms with Crippen LogP contribution in [0, 0.1) is 0 Å². The molecule has 3 aromatic rings. The lowest BCUT2D eigenvalue weighted by Crippen LogP contribution is -2.43. The van der Waals surface area contributed by atoms with Crippen LogP contribution in [0.25, 0.3) is 10.9 Å². The Kier molecular flexibility index (Phi) is 5.82. The SMILES string of the molecule is COc1cc2nn(C3CCC(O)CC3)cc2cc1NC(=O)c1cccc(C(C)C)[n+]1O. The lowest BCUT2D eigenvalue weighted by atomic mass is 9.93. The molecule has 0 unspecified atom stereocenters. The van der Waals surface area contributed by atoms with E-state index in [0.717, 1.165) is 41.3 Å². The van der Waals surface area contributed by atoms with Gasteiger partial charge in [-0.2, -0.15) is 5.10 Å². The predicted molar refractivity (Wildman–Crippen MR) is 116 cm³/mol. The van der Waals surface area contributed by atoms with E-state index in [0.29, 0.717) is 17.1 Å². The molecule has 1 aliphatic rings. The number of amides is 1. The molecule has 0 spiro atoms. The molecule has 1 aromatic carbocycles. The van der Waals surface area contributed by atoms with Gasteiger partial charge in [-0.25, -0.2) is 0 Å². The van der Waals surface area contributed by atoms with Gasteiger partial charge in [0.25, 0.3) is 0 Å². The minimum absolute atomic E-state index is 0.0652. The zero-order chi connectivity index (χ0) is 22.1. The molecular formula is C23H29N4O4+. The lowest BCUT2D eigenvalue weighted by molar-refractivity contribution is -0.911. The number of aliphatic hydroxyl groups excluding tert-OH is 1. The van der Waals surface area contributed by atoms with E-state index in [1.54, 1.807) is 31.4 Å². The van der Waals surface area contributed by atoms with Crippen molar-refractivity contribution in [3.63, 3.8) is 0 Å². The fourth-order valence-electron chi connectivity index (χ4n) is 4.16. The Morgan fingerprint density at radius 1 is 1.26 bits per heavy atom. The van der Waals surface area contributed by atoms with Crippen molar-refractivity contribution in [1.82, 2.24) is 9.78 Å². The number of hydrogen-bond acceptors (Lipinski definition) is 5. The number of fused-ring (bicyclic) bond motifs is 1. The van der Waals surface area contributed by atoms with Gasteiger partial charge in [0.05, 0.1) is 30.5 Å². The molecule has 1 fully saturated rings. The molecule has 0 aliphatic heterocycles. The summed E-state index contributed by atoms with van der Waals surface area (Å²) in [5, 5.41) is 28.7. The number of ether oxygens (including phenoxy) is 1. The molecule has 0 atom stereocenters. The second-order valence-electron chi connectivity index (χ2n) is 8.44. The highest BCUT2D eigenvalue weighted by molar-refractivity contribution is 6.04. The number of nitrogens with zero attached hydrogens (tertiary/aromatic N) is 3. The van der Waals surface area contributed by atoms with E-state index in [2.05, 4.69) is 5.32 Å². The fraction of sp³-hybridized carbons (Fsp3) is 0.435. The Labute approximate surface area is 181 Å². The molecule has 31 heavy (non-hydrogen) atoms. The van der Waals surface area contributed by atoms with Crippen LogP contribution in [-0.4, -0.2) is 39.2 Å². The first kappa shape index (κ1) is 21.1. The van der Waals surface area contributed by atoms with Crippen molar-refractivity contribution in [3.05, 3.63) is 47.9 Å². The van der Waals surface area contributed by atoms with Gasteiger partial charge in [0, 0.05) is 40.4 Å². The van der Waals surface area contributed by atoms with Crippen LogP contribution in [-0.2, 0) is 0 Å². The second kappa shape index (κ2) is 8.55. The largest absolute Gasteiger partial charge is 0.494 e.